The lowest BCUT2D eigenvalue weighted by atomic mass is 9.98. The van der Waals surface area contributed by atoms with Crippen LogP contribution in [-0.4, -0.2) is 50.5 Å². The summed E-state index contributed by atoms with van der Waals surface area (Å²) >= 11 is 0. The van der Waals surface area contributed by atoms with Crippen LogP contribution in [0.25, 0.3) is 0 Å². The number of hydrogen-bond donors (Lipinski definition) is 1. The van der Waals surface area contributed by atoms with Crippen LogP contribution in [0.1, 0.15) is 30.1 Å². The fourth-order valence-electron chi connectivity index (χ4n) is 2.98. The van der Waals surface area contributed by atoms with Gasteiger partial charge in [0, 0.05) is 13.1 Å². The molecule has 1 saturated heterocycles. The minimum absolute atomic E-state index is 0. The van der Waals surface area contributed by atoms with Crippen molar-refractivity contribution >= 4 is 18.2 Å². The van der Waals surface area contributed by atoms with Gasteiger partial charge in [0.05, 0.1) is 5.56 Å². The average Bonchev–Trinajstić information content (AvgIpc) is 2.48. The van der Waals surface area contributed by atoms with Gasteiger partial charge in [-0.05, 0) is 58.0 Å². The Bertz CT molecular complexity index is 466. The zero-order valence-electron chi connectivity index (χ0n) is 13.5. The topological polar surface area (TPSA) is 41.6 Å². The number of rotatable bonds is 7. The Hall–Kier alpha value is -1.10. The van der Waals surface area contributed by atoms with Crippen LogP contribution in [0.15, 0.2) is 24.3 Å². The number of likely N-dealkylation sites (tertiary alicyclic amines) is 1. The van der Waals surface area contributed by atoms with Gasteiger partial charge in [0.15, 0.2) is 5.78 Å². The number of benzene rings is 1. The van der Waals surface area contributed by atoms with Crippen molar-refractivity contribution in [1.29, 1.82) is 0 Å². The molecule has 124 valence electrons. The van der Waals surface area contributed by atoms with Crippen molar-refractivity contribution in [2.75, 3.05) is 39.8 Å². The van der Waals surface area contributed by atoms with Crippen LogP contribution in [0, 0.1) is 5.92 Å². The molecule has 0 aliphatic carbocycles. The Labute approximate surface area is 139 Å². The fourth-order valence-corrected chi connectivity index (χ4v) is 2.98. The first kappa shape index (κ1) is 18.9. The molecule has 1 unspecified atom stereocenters. The normalized spacial score (nSPS) is 18.5. The Morgan fingerprint density at radius 1 is 1.41 bits per heavy atom. The first-order chi connectivity index (χ1) is 10.2. The fraction of sp³-hybridized carbons (Fsp3) is 0.588. The Kier molecular flexibility index (Phi) is 8.46. The van der Waals surface area contributed by atoms with E-state index >= 15 is 0 Å². The van der Waals surface area contributed by atoms with Gasteiger partial charge < -0.3 is 10.1 Å². The summed E-state index contributed by atoms with van der Waals surface area (Å²) in [5.41, 5.74) is 0.671. The molecule has 0 saturated carbocycles. The van der Waals surface area contributed by atoms with Crippen LogP contribution >= 0.6 is 12.4 Å². The smallest absolute Gasteiger partial charge is 0.163 e. The summed E-state index contributed by atoms with van der Waals surface area (Å²) in [7, 11) is 2.01. The number of carbonyl (C=O) groups excluding carboxylic acids is 1. The molecule has 4 nitrogen and oxygen atoms in total. The quantitative estimate of drug-likeness (QED) is 0.782. The Morgan fingerprint density at radius 2 is 2.18 bits per heavy atom. The van der Waals surface area contributed by atoms with Crippen molar-refractivity contribution in [3.05, 3.63) is 29.8 Å². The molecule has 0 amide bonds. The molecule has 0 aromatic heterocycles. The lowest BCUT2D eigenvalue weighted by Gasteiger charge is -2.32. The molecule has 0 radical (unpaired) electrons. The van der Waals surface area contributed by atoms with Gasteiger partial charge >= 0.3 is 0 Å². The molecule has 1 aliphatic rings. The summed E-state index contributed by atoms with van der Waals surface area (Å²) in [4.78, 5) is 14.0. The van der Waals surface area contributed by atoms with Gasteiger partial charge in [0.2, 0.25) is 0 Å². The highest BCUT2D eigenvalue weighted by Crippen LogP contribution is 2.19. The SMILES string of the molecule is CNCC1CCCN(CCOc2ccccc2C(C)=O)C1.Cl. The van der Waals surface area contributed by atoms with Gasteiger partial charge in [-0.25, -0.2) is 0 Å². The molecule has 2 rings (SSSR count). The van der Waals surface area contributed by atoms with Gasteiger partial charge in [-0.2, -0.15) is 0 Å². The minimum atomic E-state index is 0. The van der Waals surface area contributed by atoms with Gasteiger partial charge in [-0.3, -0.25) is 9.69 Å². The highest BCUT2D eigenvalue weighted by molar-refractivity contribution is 5.96. The van der Waals surface area contributed by atoms with Crippen LogP contribution < -0.4 is 10.1 Å². The number of ether oxygens (including phenoxy) is 1. The number of nitrogens with zero attached hydrogens (tertiary/aromatic N) is 1. The van der Waals surface area contributed by atoms with Crippen LogP contribution in [0.4, 0.5) is 0 Å². The van der Waals surface area contributed by atoms with E-state index in [2.05, 4.69) is 10.2 Å². The molecule has 1 atom stereocenters. The molecule has 1 aromatic rings. The summed E-state index contributed by atoms with van der Waals surface area (Å²) in [6.07, 6.45) is 2.57. The van der Waals surface area contributed by atoms with E-state index in [0.717, 1.165) is 32.1 Å². The van der Waals surface area contributed by atoms with E-state index in [0.29, 0.717) is 17.9 Å². The van der Waals surface area contributed by atoms with E-state index in [-0.39, 0.29) is 18.2 Å². The predicted octanol–water partition coefficient (Wildman–Crippen LogP) is 2.62. The molecule has 0 spiro atoms. The molecular weight excluding hydrogens is 300 g/mol. The van der Waals surface area contributed by atoms with Gasteiger partial charge in [0.1, 0.15) is 12.4 Å². The maximum absolute atomic E-state index is 11.5. The largest absolute Gasteiger partial charge is 0.491 e. The van der Waals surface area contributed by atoms with Gasteiger partial charge in [0.25, 0.3) is 0 Å². The number of nitrogens with one attached hydrogen (secondary N) is 1. The maximum Gasteiger partial charge on any atom is 0.163 e. The first-order valence-corrected chi connectivity index (χ1v) is 7.80. The zero-order valence-corrected chi connectivity index (χ0v) is 14.3. The summed E-state index contributed by atoms with van der Waals surface area (Å²) in [5.74, 6) is 1.50. The van der Waals surface area contributed by atoms with Gasteiger partial charge in [-0.1, -0.05) is 12.1 Å². The van der Waals surface area contributed by atoms with E-state index in [1.807, 2.05) is 31.3 Å². The van der Waals surface area contributed by atoms with Crippen LogP contribution in [-0.2, 0) is 0 Å². The van der Waals surface area contributed by atoms with Crippen LogP contribution in [0.3, 0.4) is 0 Å². The first-order valence-electron chi connectivity index (χ1n) is 7.80. The van der Waals surface area contributed by atoms with E-state index in [1.165, 1.54) is 12.8 Å². The van der Waals surface area contributed by atoms with Crippen molar-refractivity contribution in [2.24, 2.45) is 5.92 Å². The summed E-state index contributed by atoms with van der Waals surface area (Å²) in [6.45, 7) is 6.51. The molecule has 1 aromatic carbocycles. The number of halogens is 1. The molecule has 1 fully saturated rings. The zero-order chi connectivity index (χ0) is 15.1. The highest BCUT2D eigenvalue weighted by Gasteiger charge is 2.19. The van der Waals surface area contributed by atoms with E-state index in [1.54, 1.807) is 6.92 Å². The van der Waals surface area contributed by atoms with Crippen molar-refractivity contribution in [1.82, 2.24) is 10.2 Å². The van der Waals surface area contributed by atoms with E-state index in [9.17, 15) is 4.79 Å². The lowest BCUT2D eigenvalue weighted by molar-refractivity contribution is 0.101. The number of para-hydroxylation sites is 1. The molecule has 5 heteroatoms. The highest BCUT2D eigenvalue weighted by atomic mass is 35.5. The molecule has 1 aliphatic heterocycles. The second-order valence-electron chi connectivity index (χ2n) is 5.77. The lowest BCUT2D eigenvalue weighted by Crippen LogP contribution is -2.40. The van der Waals surface area contributed by atoms with Crippen molar-refractivity contribution < 1.29 is 9.53 Å². The number of piperidine rings is 1. The standard InChI is InChI=1S/C17H26N2O2.ClH/c1-14(20)16-7-3-4-8-17(16)21-11-10-19-9-5-6-15(13-19)12-18-2;/h3-4,7-8,15,18H,5-6,9-13H2,1-2H3;1H. The average molecular weight is 327 g/mol. The van der Waals surface area contributed by atoms with Gasteiger partial charge in [-0.15, -0.1) is 12.4 Å². The molecule has 1 heterocycles. The number of hydrogen-bond acceptors (Lipinski definition) is 4. The summed E-state index contributed by atoms with van der Waals surface area (Å²) in [5, 5.41) is 3.26. The van der Waals surface area contributed by atoms with Crippen molar-refractivity contribution in [3.8, 4) is 5.75 Å². The third-order valence-electron chi connectivity index (χ3n) is 4.03. The monoisotopic (exact) mass is 326 g/mol. The van der Waals surface area contributed by atoms with E-state index in [4.69, 9.17) is 4.74 Å². The van der Waals surface area contributed by atoms with Crippen LogP contribution in [0.2, 0.25) is 0 Å². The maximum atomic E-state index is 11.5. The third-order valence-corrected chi connectivity index (χ3v) is 4.03. The second kappa shape index (κ2) is 9.82. The molecule has 22 heavy (non-hydrogen) atoms. The third kappa shape index (κ3) is 5.59. The van der Waals surface area contributed by atoms with E-state index < -0.39 is 0 Å². The molecule has 0 bridgehead atoms. The summed E-state index contributed by atoms with van der Waals surface area (Å²) in [6, 6.07) is 7.47. The number of ketones is 1. The molecule has 1 N–H and O–H groups in total. The predicted molar refractivity (Wildman–Crippen MR) is 92.3 cm³/mol. The second-order valence-corrected chi connectivity index (χ2v) is 5.77. The van der Waals surface area contributed by atoms with Crippen molar-refractivity contribution in [3.63, 3.8) is 0 Å². The minimum Gasteiger partial charge on any atom is -0.491 e. The van der Waals surface area contributed by atoms with Crippen molar-refractivity contribution in [2.45, 2.75) is 19.8 Å². The Morgan fingerprint density at radius 3 is 2.91 bits per heavy atom. The summed E-state index contributed by atoms with van der Waals surface area (Å²) < 4.78 is 5.82. The molecular formula is C17H27ClN2O2. The number of carbonyl (C=O) groups is 1. The number of Topliss-reactive ketones (excluding diaryl/α,β-unsaturated/α-hetero) is 1. The Balaban J connectivity index is 0.00000242. The van der Waals surface area contributed by atoms with Crippen LogP contribution in [0.5, 0.6) is 5.75 Å².